The van der Waals surface area contributed by atoms with Crippen molar-refractivity contribution in [2.45, 2.75) is 0 Å². The third kappa shape index (κ3) is 2.60. The molecule has 9 nitrogen and oxygen atoms in total. The molecule has 1 aromatic heterocycles. The number of hydrogen-bond acceptors (Lipinski definition) is 9. The van der Waals surface area contributed by atoms with E-state index in [1.165, 1.54) is 39.5 Å². The minimum Gasteiger partial charge on any atom is -0.504 e. The Morgan fingerprint density at radius 1 is 0.852 bits per heavy atom. The lowest BCUT2D eigenvalue weighted by Gasteiger charge is -2.14. The number of phenolic OH excluding ortho intramolecular Hbond substituents is 3. The van der Waals surface area contributed by atoms with Crippen molar-refractivity contribution in [3.05, 3.63) is 28.4 Å². The van der Waals surface area contributed by atoms with Gasteiger partial charge in [-0.05, 0) is 18.2 Å². The lowest BCUT2D eigenvalue weighted by Crippen LogP contribution is -2.05. The minimum absolute atomic E-state index is 0.0852. The van der Waals surface area contributed by atoms with Crippen molar-refractivity contribution in [3.8, 4) is 51.6 Å². The first-order valence-electron chi connectivity index (χ1n) is 7.58. The van der Waals surface area contributed by atoms with E-state index in [-0.39, 0.29) is 34.2 Å². The van der Waals surface area contributed by atoms with Gasteiger partial charge in [-0.1, -0.05) is 0 Å². The molecule has 2 aromatic carbocycles. The predicted molar refractivity (Wildman–Crippen MR) is 94.2 cm³/mol. The van der Waals surface area contributed by atoms with Gasteiger partial charge in [0.2, 0.25) is 28.4 Å². The van der Waals surface area contributed by atoms with Crippen molar-refractivity contribution >= 4 is 11.0 Å². The maximum absolute atomic E-state index is 12.7. The van der Waals surface area contributed by atoms with E-state index in [0.29, 0.717) is 0 Å². The monoisotopic (exact) mass is 376 g/mol. The summed E-state index contributed by atoms with van der Waals surface area (Å²) in [6, 6.07) is 4.02. The molecule has 142 valence electrons. The molecular weight excluding hydrogens is 360 g/mol. The fraction of sp³-hybridized carbons (Fsp3) is 0.167. The van der Waals surface area contributed by atoms with Gasteiger partial charge in [-0.25, -0.2) is 0 Å². The molecule has 0 bridgehead atoms. The van der Waals surface area contributed by atoms with Crippen LogP contribution in [0.4, 0.5) is 0 Å². The summed E-state index contributed by atoms with van der Waals surface area (Å²) in [4.78, 5) is 12.7. The van der Waals surface area contributed by atoms with Crippen LogP contribution in [-0.4, -0.2) is 41.8 Å². The van der Waals surface area contributed by atoms with E-state index in [2.05, 4.69) is 0 Å². The van der Waals surface area contributed by atoms with Crippen LogP contribution in [0.3, 0.4) is 0 Å². The van der Waals surface area contributed by atoms with Crippen LogP contribution in [0.25, 0.3) is 22.3 Å². The summed E-state index contributed by atoms with van der Waals surface area (Å²) < 4.78 is 20.6. The summed E-state index contributed by atoms with van der Waals surface area (Å²) in [5, 5.41) is 40.1. The van der Waals surface area contributed by atoms with Crippen LogP contribution in [-0.2, 0) is 0 Å². The summed E-state index contributed by atoms with van der Waals surface area (Å²) >= 11 is 0. The number of benzene rings is 2. The number of phenols is 3. The molecule has 27 heavy (non-hydrogen) atoms. The van der Waals surface area contributed by atoms with Gasteiger partial charge in [0, 0.05) is 5.56 Å². The highest BCUT2D eigenvalue weighted by Crippen LogP contribution is 2.50. The first-order chi connectivity index (χ1) is 12.8. The van der Waals surface area contributed by atoms with Gasteiger partial charge < -0.3 is 39.1 Å². The molecule has 9 heteroatoms. The van der Waals surface area contributed by atoms with E-state index in [4.69, 9.17) is 18.6 Å². The third-order valence-corrected chi connectivity index (χ3v) is 4.03. The molecule has 0 saturated heterocycles. The third-order valence-electron chi connectivity index (χ3n) is 4.03. The molecule has 0 spiro atoms. The second kappa shape index (κ2) is 6.52. The van der Waals surface area contributed by atoms with E-state index >= 15 is 0 Å². The van der Waals surface area contributed by atoms with Crippen molar-refractivity contribution in [2.24, 2.45) is 0 Å². The van der Waals surface area contributed by atoms with Crippen molar-refractivity contribution in [1.29, 1.82) is 0 Å². The van der Waals surface area contributed by atoms with Gasteiger partial charge in [-0.2, -0.15) is 0 Å². The van der Waals surface area contributed by atoms with Crippen LogP contribution < -0.4 is 19.6 Å². The van der Waals surface area contributed by atoms with Crippen LogP contribution in [0.15, 0.2) is 27.4 Å². The SMILES string of the molecule is COc1cc(-c2oc3c(OC)c(O)c(OC)c(O)c3c(=O)c2O)ccc1O. The largest absolute Gasteiger partial charge is 0.504 e. The Bertz CT molecular complexity index is 1100. The number of ether oxygens (including phenoxy) is 3. The number of methoxy groups -OCH3 is 3. The Morgan fingerprint density at radius 2 is 1.52 bits per heavy atom. The molecule has 0 aliphatic rings. The summed E-state index contributed by atoms with van der Waals surface area (Å²) in [5.41, 5.74) is -1.05. The fourth-order valence-electron chi connectivity index (χ4n) is 2.73. The molecule has 3 aromatic rings. The molecule has 1 heterocycles. The van der Waals surface area contributed by atoms with Gasteiger partial charge in [-0.3, -0.25) is 4.79 Å². The standard InChI is InChI=1S/C18H16O9/c1-24-9-6-7(4-5-8(9)19)15-13(22)11(20)10-12(21)17(25-2)14(23)18(26-3)16(10)27-15/h4-6,19,21-23H,1-3H3. The summed E-state index contributed by atoms with van der Waals surface area (Å²) in [7, 11) is 3.74. The summed E-state index contributed by atoms with van der Waals surface area (Å²) in [6.07, 6.45) is 0. The number of rotatable bonds is 4. The second-order valence-corrected chi connectivity index (χ2v) is 5.46. The zero-order chi connectivity index (χ0) is 19.9. The first kappa shape index (κ1) is 18.1. The fourth-order valence-corrected chi connectivity index (χ4v) is 2.73. The van der Waals surface area contributed by atoms with Crippen molar-refractivity contribution in [2.75, 3.05) is 21.3 Å². The van der Waals surface area contributed by atoms with E-state index in [0.717, 1.165) is 0 Å². The van der Waals surface area contributed by atoms with Crippen LogP contribution in [0, 0.1) is 0 Å². The molecule has 4 N–H and O–H groups in total. The Hall–Kier alpha value is -3.75. The van der Waals surface area contributed by atoms with Crippen LogP contribution in [0.1, 0.15) is 0 Å². The Kier molecular flexibility index (Phi) is 4.36. The summed E-state index contributed by atoms with van der Waals surface area (Å²) in [6.45, 7) is 0. The highest BCUT2D eigenvalue weighted by Gasteiger charge is 2.28. The minimum atomic E-state index is -0.965. The topological polar surface area (TPSA) is 139 Å². The lowest BCUT2D eigenvalue weighted by atomic mass is 10.1. The molecular formula is C18H16O9. The second-order valence-electron chi connectivity index (χ2n) is 5.46. The zero-order valence-corrected chi connectivity index (χ0v) is 14.6. The van der Waals surface area contributed by atoms with Gasteiger partial charge in [0.05, 0.1) is 21.3 Å². The highest BCUT2D eigenvalue weighted by atomic mass is 16.5. The van der Waals surface area contributed by atoms with Gasteiger partial charge in [0.15, 0.2) is 28.6 Å². The molecule has 0 aliphatic heterocycles. The number of fused-ring (bicyclic) bond motifs is 1. The van der Waals surface area contributed by atoms with Crippen LogP contribution in [0.2, 0.25) is 0 Å². The van der Waals surface area contributed by atoms with Gasteiger partial charge >= 0.3 is 0 Å². The van der Waals surface area contributed by atoms with E-state index in [9.17, 15) is 25.2 Å². The quantitative estimate of drug-likeness (QED) is 0.540. The average Bonchev–Trinajstić information content (AvgIpc) is 2.65. The van der Waals surface area contributed by atoms with Crippen molar-refractivity contribution in [1.82, 2.24) is 0 Å². The highest BCUT2D eigenvalue weighted by molar-refractivity contribution is 5.96. The number of aromatic hydroxyl groups is 4. The van der Waals surface area contributed by atoms with Gasteiger partial charge in [0.25, 0.3) is 0 Å². The van der Waals surface area contributed by atoms with Crippen LogP contribution in [0.5, 0.6) is 40.2 Å². The Balaban J connectivity index is 2.45. The normalized spacial score (nSPS) is 10.8. The molecule has 3 rings (SSSR count). The molecule has 0 amide bonds. The Morgan fingerprint density at radius 3 is 2.11 bits per heavy atom. The summed E-state index contributed by atoms with van der Waals surface area (Å²) in [5.74, 6) is -3.07. The molecule has 0 radical (unpaired) electrons. The van der Waals surface area contributed by atoms with Crippen molar-refractivity contribution in [3.63, 3.8) is 0 Å². The molecule has 0 atom stereocenters. The van der Waals surface area contributed by atoms with E-state index in [1.807, 2.05) is 0 Å². The van der Waals surface area contributed by atoms with Crippen molar-refractivity contribution < 1.29 is 39.1 Å². The lowest BCUT2D eigenvalue weighted by molar-refractivity contribution is 0.322. The maximum Gasteiger partial charge on any atom is 0.239 e. The smallest absolute Gasteiger partial charge is 0.239 e. The van der Waals surface area contributed by atoms with Gasteiger partial charge in [-0.15, -0.1) is 0 Å². The molecule has 0 fully saturated rings. The molecule has 0 saturated carbocycles. The van der Waals surface area contributed by atoms with Crippen LogP contribution >= 0.6 is 0 Å². The van der Waals surface area contributed by atoms with Gasteiger partial charge in [0.1, 0.15) is 5.39 Å². The number of hydrogen-bond donors (Lipinski definition) is 4. The first-order valence-corrected chi connectivity index (χ1v) is 7.58. The van der Waals surface area contributed by atoms with E-state index in [1.54, 1.807) is 0 Å². The average molecular weight is 376 g/mol. The molecule has 0 aliphatic carbocycles. The Labute approximate surface area is 152 Å². The maximum atomic E-state index is 12.7. The van der Waals surface area contributed by atoms with E-state index < -0.39 is 33.8 Å². The zero-order valence-electron chi connectivity index (χ0n) is 14.6. The molecule has 0 unspecified atom stereocenters. The predicted octanol–water partition coefficient (Wildman–Crippen LogP) is 2.31.